The van der Waals surface area contributed by atoms with Crippen molar-refractivity contribution in [1.82, 2.24) is 9.97 Å². The summed E-state index contributed by atoms with van der Waals surface area (Å²) in [5.74, 6) is 0.0824. The first-order chi connectivity index (χ1) is 13.3. The second kappa shape index (κ2) is 6.76. The molecule has 2 heterocycles. The summed E-state index contributed by atoms with van der Waals surface area (Å²) in [7, 11) is 1.55. The smallest absolute Gasteiger partial charge is 0.316 e. The number of fused-ring (bicyclic) bond motifs is 1. The van der Waals surface area contributed by atoms with E-state index in [9.17, 15) is 5.11 Å². The number of hydrogen-bond donors (Lipinski definition) is 1. The molecule has 1 atom stereocenters. The molecule has 7 heteroatoms. The Bertz CT molecular complexity index is 944. The molecule has 4 rings (SSSR count). The molecule has 1 aromatic carbocycles. The molecule has 1 N–H and O–H groups in total. The zero-order valence-electron chi connectivity index (χ0n) is 16.7. The average Bonchev–Trinajstić information content (AvgIpc) is 2.98. The number of aliphatic hydroxyl groups is 1. The third-order valence-corrected chi connectivity index (χ3v) is 4.95. The lowest BCUT2D eigenvalue weighted by molar-refractivity contribution is -0.141. The van der Waals surface area contributed by atoms with Gasteiger partial charge in [0.25, 0.3) is 0 Å². The number of ether oxygens (including phenoxy) is 4. The van der Waals surface area contributed by atoms with Crippen LogP contribution >= 0.6 is 0 Å². The van der Waals surface area contributed by atoms with E-state index in [1.807, 2.05) is 45.9 Å². The van der Waals surface area contributed by atoms with Crippen molar-refractivity contribution in [1.29, 1.82) is 0 Å². The molecule has 0 radical (unpaired) electrons. The predicted molar refractivity (Wildman–Crippen MR) is 104 cm³/mol. The fourth-order valence-corrected chi connectivity index (χ4v) is 3.74. The number of benzene rings is 1. The van der Waals surface area contributed by atoms with Crippen molar-refractivity contribution in [3.63, 3.8) is 0 Å². The minimum atomic E-state index is -0.587. The molecule has 0 spiro atoms. The van der Waals surface area contributed by atoms with Gasteiger partial charge in [-0.15, -0.1) is 0 Å². The van der Waals surface area contributed by atoms with Gasteiger partial charge in [0.1, 0.15) is 12.7 Å². The third-order valence-electron chi connectivity index (χ3n) is 4.95. The van der Waals surface area contributed by atoms with Gasteiger partial charge < -0.3 is 24.1 Å². The summed E-state index contributed by atoms with van der Waals surface area (Å²) >= 11 is 0. The van der Waals surface area contributed by atoms with Gasteiger partial charge in [-0.3, -0.25) is 0 Å². The lowest BCUT2D eigenvalue weighted by atomic mass is 9.85. The van der Waals surface area contributed by atoms with Crippen molar-refractivity contribution in [2.24, 2.45) is 0 Å². The Labute approximate surface area is 163 Å². The number of aromatic nitrogens is 2. The average molecular weight is 384 g/mol. The summed E-state index contributed by atoms with van der Waals surface area (Å²) in [5.41, 5.74) is 4.97. The molecule has 1 fully saturated rings. The van der Waals surface area contributed by atoms with E-state index < -0.39 is 5.79 Å². The summed E-state index contributed by atoms with van der Waals surface area (Å²) in [5, 5.41) is 10.3. The molecular weight excluding hydrogens is 360 g/mol. The van der Waals surface area contributed by atoms with Crippen LogP contribution in [0.2, 0.25) is 0 Å². The van der Waals surface area contributed by atoms with E-state index in [0.29, 0.717) is 25.0 Å². The Morgan fingerprint density at radius 3 is 2.43 bits per heavy atom. The summed E-state index contributed by atoms with van der Waals surface area (Å²) in [6.45, 7) is 8.37. The van der Waals surface area contributed by atoms with Crippen molar-refractivity contribution in [3.05, 3.63) is 40.7 Å². The molecule has 2 aromatic rings. The van der Waals surface area contributed by atoms with E-state index in [1.54, 1.807) is 7.11 Å². The number of rotatable bonds is 5. The van der Waals surface area contributed by atoms with Crippen molar-refractivity contribution in [2.45, 2.75) is 39.6 Å². The topological polar surface area (TPSA) is 82.9 Å². The standard InChI is InChI=1S/C21H24N2O5/c1-11-16(14-7-6-8-15-17(14)18(24)19(15)25-5)12(2)23-20(22-11)26-9-13-10-27-21(3,4)28-13/h6-8,13,24H,9-10H2,1-5H3/t13-/m1/s1. The van der Waals surface area contributed by atoms with Gasteiger partial charge >= 0.3 is 6.01 Å². The van der Waals surface area contributed by atoms with E-state index in [-0.39, 0.29) is 11.9 Å². The van der Waals surface area contributed by atoms with Gasteiger partial charge in [0.2, 0.25) is 0 Å². The number of hydrogen-bond acceptors (Lipinski definition) is 7. The number of aryl methyl sites for hydroxylation is 2. The van der Waals surface area contributed by atoms with E-state index >= 15 is 0 Å². The number of methoxy groups -OCH3 is 1. The highest BCUT2D eigenvalue weighted by atomic mass is 16.7. The molecule has 0 saturated carbocycles. The molecule has 28 heavy (non-hydrogen) atoms. The van der Waals surface area contributed by atoms with E-state index in [0.717, 1.165) is 33.6 Å². The van der Waals surface area contributed by atoms with E-state index in [1.165, 1.54) is 0 Å². The summed E-state index contributed by atoms with van der Waals surface area (Å²) in [4.78, 5) is 9.02. The van der Waals surface area contributed by atoms with Crippen LogP contribution in [0.15, 0.2) is 18.2 Å². The minimum Gasteiger partial charge on any atom is -0.504 e. The van der Waals surface area contributed by atoms with Gasteiger partial charge in [-0.2, -0.15) is 9.97 Å². The van der Waals surface area contributed by atoms with Crippen molar-refractivity contribution in [3.8, 4) is 17.1 Å². The molecule has 1 saturated heterocycles. The van der Waals surface area contributed by atoms with Crippen LogP contribution in [0.5, 0.6) is 6.01 Å². The zero-order chi connectivity index (χ0) is 20.1. The molecular formula is C21H24N2O5. The first kappa shape index (κ1) is 18.7. The van der Waals surface area contributed by atoms with Crippen LogP contribution in [0.1, 0.15) is 36.4 Å². The Kier molecular flexibility index (Phi) is 4.51. The Hall–Kier alpha value is -2.64. The molecule has 0 amide bonds. The largest absolute Gasteiger partial charge is 0.504 e. The van der Waals surface area contributed by atoms with Crippen molar-refractivity contribution in [2.75, 3.05) is 20.3 Å². The molecule has 2 aliphatic rings. The third kappa shape index (κ3) is 3.10. The van der Waals surface area contributed by atoms with Gasteiger partial charge in [-0.25, -0.2) is 0 Å². The van der Waals surface area contributed by atoms with Crippen LogP contribution in [0.4, 0.5) is 0 Å². The van der Waals surface area contributed by atoms with Crippen LogP contribution in [-0.2, 0) is 14.2 Å². The fourth-order valence-electron chi connectivity index (χ4n) is 3.74. The Morgan fingerprint density at radius 1 is 1.14 bits per heavy atom. The Balaban J connectivity index is 1.58. The molecule has 7 nitrogen and oxygen atoms in total. The van der Waals surface area contributed by atoms with Gasteiger partial charge in [-0.1, -0.05) is 18.2 Å². The highest BCUT2D eigenvalue weighted by Crippen LogP contribution is 2.45. The first-order valence-electron chi connectivity index (χ1n) is 9.22. The van der Waals surface area contributed by atoms with Crippen LogP contribution < -0.4 is 4.74 Å². The molecule has 0 bridgehead atoms. The quantitative estimate of drug-likeness (QED) is 0.843. The van der Waals surface area contributed by atoms with Crippen molar-refractivity contribution >= 4 is 11.5 Å². The van der Waals surface area contributed by atoms with Gasteiger partial charge in [-0.05, 0) is 33.3 Å². The number of aliphatic hydroxyl groups excluding tert-OH is 1. The second-order valence-electron chi connectivity index (χ2n) is 7.42. The van der Waals surface area contributed by atoms with Crippen LogP contribution in [0.3, 0.4) is 0 Å². The molecule has 1 aromatic heterocycles. The lowest BCUT2D eigenvalue weighted by Gasteiger charge is -2.25. The van der Waals surface area contributed by atoms with Crippen molar-refractivity contribution < 1.29 is 24.1 Å². The number of nitrogens with zero attached hydrogens (tertiary/aromatic N) is 2. The summed E-state index contributed by atoms with van der Waals surface area (Å²) in [6, 6.07) is 6.11. The highest BCUT2D eigenvalue weighted by Gasteiger charge is 2.34. The van der Waals surface area contributed by atoms with E-state index in [2.05, 4.69) is 9.97 Å². The summed E-state index contributed by atoms with van der Waals surface area (Å²) in [6.07, 6.45) is -0.151. The minimum absolute atomic E-state index is 0.151. The first-order valence-corrected chi connectivity index (χ1v) is 9.22. The Morgan fingerprint density at radius 2 is 1.82 bits per heavy atom. The predicted octanol–water partition coefficient (Wildman–Crippen LogP) is 3.63. The van der Waals surface area contributed by atoms with Crippen LogP contribution in [0, 0.1) is 13.8 Å². The molecule has 1 aliphatic carbocycles. The monoisotopic (exact) mass is 384 g/mol. The maximum absolute atomic E-state index is 10.3. The lowest BCUT2D eigenvalue weighted by Crippen LogP contribution is -2.25. The maximum atomic E-state index is 10.3. The highest BCUT2D eigenvalue weighted by molar-refractivity contribution is 6.03. The van der Waals surface area contributed by atoms with Gasteiger partial charge in [0.05, 0.1) is 25.1 Å². The second-order valence-corrected chi connectivity index (χ2v) is 7.42. The SMILES string of the molecule is COC1=C(O)c2c1cccc2-c1c(C)nc(OC[C@@H]2COC(C)(C)O2)nc1C. The molecule has 148 valence electrons. The normalized spacial score (nSPS) is 20.0. The maximum Gasteiger partial charge on any atom is 0.316 e. The summed E-state index contributed by atoms with van der Waals surface area (Å²) < 4.78 is 22.3. The van der Waals surface area contributed by atoms with E-state index in [4.69, 9.17) is 18.9 Å². The van der Waals surface area contributed by atoms with Gasteiger partial charge in [0, 0.05) is 16.7 Å². The molecule has 1 aliphatic heterocycles. The fraction of sp³-hybridized carbons (Fsp3) is 0.429. The molecule has 0 unspecified atom stereocenters. The van der Waals surface area contributed by atoms with Crippen LogP contribution in [0.25, 0.3) is 22.6 Å². The van der Waals surface area contributed by atoms with Crippen LogP contribution in [-0.4, -0.2) is 47.3 Å². The van der Waals surface area contributed by atoms with Gasteiger partial charge in [0.15, 0.2) is 17.3 Å². The zero-order valence-corrected chi connectivity index (χ0v) is 16.7.